The molecule has 0 unspecified atom stereocenters. The lowest BCUT2D eigenvalue weighted by molar-refractivity contribution is -0.138. The van der Waals surface area contributed by atoms with Gasteiger partial charge >= 0.3 is 11.9 Å². The number of Topliss-reactive ketones (excluding diaryl/α,β-unsaturated/α-hetero) is 1. The highest BCUT2D eigenvalue weighted by Crippen LogP contribution is 2.32. The summed E-state index contributed by atoms with van der Waals surface area (Å²) in [5.41, 5.74) is -0.502. The third-order valence-corrected chi connectivity index (χ3v) is 5.08. The molecule has 3 rings (SSSR count). The summed E-state index contributed by atoms with van der Waals surface area (Å²) >= 11 is 5.90. The lowest BCUT2D eigenvalue weighted by Crippen LogP contribution is -2.27. The molecule has 0 saturated heterocycles. The first kappa shape index (κ1) is 23.4. The molecule has 0 atom stereocenters. The predicted octanol–water partition coefficient (Wildman–Crippen LogP) is 4.61. The number of aromatic nitrogens is 3. The van der Waals surface area contributed by atoms with Gasteiger partial charge in [-0.2, -0.15) is 13.2 Å². The maximum Gasteiger partial charge on any atom is 0.416 e. The Labute approximate surface area is 187 Å². The molecule has 2 aromatic carbocycles. The normalized spacial score (nSPS) is 11.3. The summed E-state index contributed by atoms with van der Waals surface area (Å²) in [6.45, 7) is -0.322. The van der Waals surface area contributed by atoms with Crippen molar-refractivity contribution in [3.8, 4) is 23.7 Å². The zero-order valence-electron chi connectivity index (χ0n) is 16.9. The summed E-state index contributed by atoms with van der Waals surface area (Å²) in [7, 11) is 0. The molecule has 1 heterocycles. The summed E-state index contributed by atoms with van der Waals surface area (Å²) in [5, 5.41) is 4.75. The van der Waals surface area contributed by atoms with Crippen molar-refractivity contribution >= 4 is 17.4 Å². The quantitative estimate of drug-likeness (QED) is 0.460. The molecule has 0 saturated carbocycles. The van der Waals surface area contributed by atoms with E-state index in [1.807, 2.05) is 0 Å². The minimum absolute atomic E-state index is 0.0108. The van der Waals surface area contributed by atoms with Gasteiger partial charge in [0.15, 0.2) is 11.6 Å². The van der Waals surface area contributed by atoms with Gasteiger partial charge in [0.2, 0.25) is 0 Å². The highest BCUT2D eigenvalue weighted by molar-refractivity contribution is 6.30. The lowest BCUT2D eigenvalue weighted by atomic mass is 10.0. The molecule has 166 valence electrons. The maximum absolute atomic E-state index is 13.1. The van der Waals surface area contributed by atoms with Crippen LogP contribution < -0.4 is 5.69 Å². The van der Waals surface area contributed by atoms with E-state index in [-0.39, 0.29) is 43.7 Å². The van der Waals surface area contributed by atoms with Gasteiger partial charge in [-0.25, -0.2) is 9.48 Å². The molecule has 0 fully saturated rings. The molecule has 1 aromatic heterocycles. The molecular weight excluding hydrogens is 443 g/mol. The third kappa shape index (κ3) is 5.48. The van der Waals surface area contributed by atoms with Crippen LogP contribution in [0.2, 0.25) is 5.02 Å². The first-order valence-electron chi connectivity index (χ1n) is 9.74. The van der Waals surface area contributed by atoms with Crippen molar-refractivity contribution in [2.75, 3.05) is 0 Å². The number of benzene rings is 2. The summed E-state index contributed by atoms with van der Waals surface area (Å²) < 4.78 is 41.6. The van der Waals surface area contributed by atoms with Gasteiger partial charge in [0.1, 0.15) is 6.54 Å². The van der Waals surface area contributed by atoms with Crippen molar-refractivity contribution in [3.05, 3.63) is 75.2 Å². The Morgan fingerprint density at radius 1 is 1.12 bits per heavy atom. The number of carbonyl (C=O) groups excluding carboxylic acids is 1. The molecule has 0 N–H and O–H groups in total. The second kappa shape index (κ2) is 9.88. The molecule has 0 aliphatic rings. The monoisotopic (exact) mass is 461 g/mol. The molecule has 0 bridgehead atoms. The fourth-order valence-electron chi connectivity index (χ4n) is 3.33. The average Bonchev–Trinajstić information content (AvgIpc) is 3.04. The number of alkyl halides is 3. The van der Waals surface area contributed by atoms with E-state index < -0.39 is 17.4 Å². The molecule has 32 heavy (non-hydrogen) atoms. The van der Waals surface area contributed by atoms with Crippen LogP contribution >= 0.6 is 11.6 Å². The van der Waals surface area contributed by atoms with Crippen LogP contribution in [0.3, 0.4) is 0 Å². The van der Waals surface area contributed by atoms with Crippen molar-refractivity contribution in [1.29, 1.82) is 0 Å². The molecule has 0 amide bonds. The molecule has 0 aliphatic carbocycles. The molecule has 3 aromatic rings. The van der Waals surface area contributed by atoms with E-state index in [1.54, 1.807) is 24.3 Å². The zero-order chi connectivity index (χ0) is 23.3. The van der Waals surface area contributed by atoms with Crippen molar-refractivity contribution in [3.63, 3.8) is 0 Å². The number of carbonyl (C=O) groups is 1. The minimum Gasteiger partial charge on any atom is -0.298 e. The summed E-state index contributed by atoms with van der Waals surface area (Å²) in [4.78, 5) is 25.1. The van der Waals surface area contributed by atoms with Crippen molar-refractivity contribution in [2.24, 2.45) is 0 Å². The molecule has 0 spiro atoms. The van der Waals surface area contributed by atoms with Crippen LogP contribution in [0.1, 0.15) is 24.0 Å². The lowest BCUT2D eigenvalue weighted by Gasteiger charge is -2.12. The molecule has 0 aliphatic heterocycles. The third-order valence-electron chi connectivity index (χ3n) is 4.83. The summed E-state index contributed by atoms with van der Waals surface area (Å²) in [6.07, 6.45) is 1.24. The van der Waals surface area contributed by atoms with Crippen molar-refractivity contribution < 1.29 is 18.0 Å². The number of nitrogens with zero attached hydrogens (tertiary/aromatic N) is 3. The number of rotatable bonds is 8. The van der Waals surface area contributed by atoms with Crippen LogP contribution in [0.4, 0.5) is 13.2 Å². The smallest absolute Gasteiger partial charge is 0.298 e. The van der Waals surface area contributed by atoms with Crippen LogP contribution in [0.15, 0.2) is 53.3 Å². The van der Waals surface area contributed by atoms with Crippen LogP contribution in [-0.2, 0) is 30.5 Å². The number of hydrogen-bond acceptors (Lipinski definition) is 3. The number of hydrogen-bond donors (Lipinski definition) is 0. The summed E-state index contributed by atoms with van der Waals surface area (Å²) in [6, 6.07) is 11.9. The summed E-state index contributed by atoms with van der Waals surface area (Å²) in [5.74, 6) is 2.38. The topological polar surface area (TPSA) is 56.9 Å². The van der Waals surface area contributed by atoms with Gasteiger partial charge < -0.3 is 0 Å². The predicted molar refractivity (Wildman–Crippen MR) is 115 cm³/mol. The Hall–Kier alpha value is -3.31. The molecule has 9 heteroatoms. The average molecular weight is 462 g/mol. The fourth-order valence-corrected chi connectivity index (χ4v) is 3.45. The van der Waals surface area contributed by atoms with E-state index >= 15 is 0 Å². The highest BCUT2D eigenvalue weighted by Gasteiger charge is 2.32. The van der Waals surface area contributed by atoms with Crippen LogP contribution in [0.5, 0.6) is 0 Å². The number of ketones is 1. The zero-order valence-corrected chi connectivity index (χ0v) is 17.7. The Kier molecular flexibility index (Phi) is 7.21. The Morgan fingerprint density at radius 3 is 2.47 bits per heavy atom. The molecule has 5 nitrogen and oxygen atoms in total. The van der Waals surface area contributed by atoms with E-state index in [2.05, 4.69) is 11.0 Å². The fraction of sp³-hybridized carbons (Fsp3) is 0.261. The minimum atomic E-state index is -4.45. The van der Waals surface area contributed by atoms with E-state index in [9.17, 15) is 22.8 Å². The van der Waals surface area contributed by atoms with Gasteiger partial charge in [-0.1, -0.05) is 35.7 Å². The van der Waals surface area contributed by atoms with E-state index in [0.29, 0.717) is 16.4 Å². The van der Waals surface area contributed by atoms with Crippen molar-refractivity contribution in [1.82, 2.24) is 14.3 Å². The van der Waals surface area contributed by atoms with Gasteiger partial charge in [0, 0.05) is 17.0 Å². The van der Waals surface area contributed by atoms with E-state index in [4.69, 9.17) is 18.0 Å². The second-order valence-electron chi connectivity index (χ2n) is 7.11. The Morgan fingerprint density at radius 2 is 1.81 bits per heavy atom. The van der Waals surface area contributed by atoms with Crippen LogP contribution in [0, 0.1) is 12.3 Å². The number of aryl methyl sites for hydroxylation is 1. The number of terminal acetylenes is 1. The molecular formula is C23H19ClF3N3O2. The van der Waals surface area contributed by atoms with Gasteiger partial charge in [0.25, 0.3) is 0 Å². The maximum atomic E-state index is 13.1. The standard InChI is InChI=1S/C23H19ClF3N3O2/c1-2-14-29-21(17-10-12-18(24)13-11-17)28-30(22(29)32)15-19(31)8-5-7-16-6-3-4-9-20(16)23(25,26)27/h1,3-4,6,9-13H,5,7-8,14-15H2. The second-order valence-corrected chi connectivity index (χ2v) is 7.54. The van der Waals surface area contributed by atoms with Gasteiger partial charge in [-0.3, -0.25) is 9.36 Å². The van der Waals surface area contributed by atoms with Crippen molar-refractivity contribution in [2.45, 2.75) is 38.5 Å². The van der Waals surface area contributed by atoms with Gasteiger partial charge in [0.05, 0.1) is 12.1 Å². The van der Waals surface area contributed by atoms with Gasteiger partial charge in [-0.15, -0.1) is 11.5 Å². The Bertz CT molecular complexity index is 1200. The highest BCUT2D eigenvalue weighted by atomic mass is 35.5. The van der Waals surface area contributed by atoms with Crippen LogP contribution in [-0.4, -0.2) is 20.1 Å². The first-order valence-corrected chi connectivity index (χ1v) is 10.1. The largest absolute Gasteiger partial charge is 0.416 e. The van der Waals surface area contributed by atoms with Gasteiger partial charge in [-0.05, 0) is 48.7 Å². The van der Waals surface area contributed by atoms with E-state index in [0.717, 1.165) is 10.7 Å². The Balaban J connectivity index is 1.71. The number of halogens is 4. The first-order chi connectivity index (χ1) is 15.2. The SMILES string of the molecule is C#CCn1c(-c2ccc(Cl)cc2)nn(CC(=O)CCCc2ccccc2C(F)(F)F)c1=O. The van der Waals surface area contributed by atoms with E-state index in [1.165, 1.54) is 22.8 Å². The molecule has 0 radical (unpaired) electrons. The van der Waals surface area contributed by atoms with Crippen LogP contribution in [0.25, 0.3) is 11.4 Å².